The molecule has 1 aliphatic heterocycles. The molecule has 0 bridgehead atoms. The van der Waals surface area contributed by atoms with Crippen molar-refractivity contribution < 1.29 is 34.7 Å². The molecule has 2 aromatic rings. The number of amides is 1. The second-order valence-corrected chi connectivity index (χ2v) is 7.79. The summed E-state index contributed by atoms with van der Waals surface area (Å²) in [6.07, 6.45) is -0.598. The number of rotatable bonds is 9. The predicted molar refractivity (Wildman–Crippen MR) is 119 cm³/mol. The highest BCUT2D eigenvalue weighted by Gasteiger charge is 2.36. The fourth-order valence-corrected chi connectivity index (χ4v) is 4.03. The van der Waals surface area contributed by atoms with Crippen LogP contribution in [0.1, 0.15) is 41.8 Å². The van der Waals surface area contributed by atoms with Crippen LogP contribution in [-0.4, -0.2) is 64.6 Å². The zero-order valence-corrected chi connectivity index (χ0v) is 18.4. The number of hydrogen-bond donors (Lipinski definition) is 5. The normalized spacial score (nSPS) is 18.8. The average molecular weight is 446 g/mol. The van der Waals surface area contributed by atoms with Crippen molar-refractivity contribution in [1.29, 1.82) is 0 Å². The van der Waals surface area contributed by atoms with Crippen molar-refractivity contribution in [3.8, 4) is 22.6 Å². The molecule has 1 amide bonds. The number of phenols is 2. The topological polar surface area (TPSA) is 128 Å². The van der Waals surface area contributed by atoms with E-state index in [2.05, 4.69) is 5.32 Å². The maximum Gasteiger partial charge on any atom is 0.251 e. The highest BCUT2D eigenvalue weighted by atomic mass is 16.7. The minimum atomic E-state index is -0.773. The summed E-state index contributed by atoms with van der Waals surface area (Å²) in [6.45, 7) is 3.83. The molecule has 1 fully saturated rings. The molecule has 174 valence electrons. The standard InChI is InChI=1S/C24H31NO7/c1-3-8-25-24(30)15-7-5-6-14(9-15)23-17(16(4-2)18(28)11-19(23)29)10-22-31-20(12-26)21(13-27)32-22/h5-7,9,11,20-22,26-29H,3-4,8,10,12-13H2,1-2H3,(H,25,30)/t20-,21-/m1/s1. The Morgan fingerprint density at radius 3 is 2.28 bits per heavy atom. The molecule has 5 N–H and O–H groups in total. The molecule has 32 heavy (non-hydrogen) atoms. The number of benzene rings is 2. The van der Waals surface area contributed by atoms with Crippen LogP contribution in [0.15, 0.2) is 30.3 Å². The van der Waals surface area contributed by atoms with Crippen LogP contribution < -0.4 is 5.32 Å². The number of hydrogen-bond acceptors (Lipinski definition) is 7. The van der Waals surface area contributed by atoms with Crippen molar-refractivity contribution >= 4 is 5.91 Å². The van der Waals surface area contributed by atoms with E-state index >= 15 is 0 Å². The molecule has 1 aliphatic rings. The molecule has 2 atom stereocenters. The molecule has 3 rings (SSSR count). The lowest BCUT2D eigenvalue weighted by molar-refractivity contribution is -0.0725. The first-order valence-electron chi connectivity index (χ1n) is 10.9. The van der Waals surface area contributed by atoms with Gasteiger partial charge in [-0.05, 0) is 41.7 Å². The fraction of sp³-hybridized carbons (Fsp3) is 0.458. The van der Waals surface area contributed by atoms with E-state index in [4.69, 9.17) is 9.47 Å². The highest BCUT2D eigenvalue weighted by Crippen LogP contribution is 2.41. The van der Waals surface area contributed by atoms with E-state index in [0.29, 0.717) is 40.8 Å². The van der Waals surface area contributed by atoms with Crippen LogP contribution in [0.3, 0.4) is 0 Å². The van der Waals surface area contributed by atoms with Gasteiger partial charge < -0.3 is 35.2 Å². The average Bonchev–Trinajstić information content (AvgIpc) is 3.19. The van der Waals surface area contributed by atoms with Crippen LogP contribution in [0, 0.1) is 0 Å². The monoisotopic (exact) mass is 445 g/mol. The summed E-state index contributed by atoms with van der Waals surface area (Å²) in [5, 5.41) is 43.0. The third-order valence-electron chi connectivity index (χ3n) is 5.61. The van der Waals surface area contributed by atoms with E-state index in [9.17, 15) is 25.2 Å². The summed E-state index contributed by atoms with van der Waals surface area (Å²) < 4.78 is 11.5. The van der Waals surface area contributed by atoms with Crippen LogP contribution in [-0.2, 0) is 22.3 Å². The molecule has 0 spiro atoms. The van der Waals surface area contributed by atoms with Crippen molar-refractivity contribution in [2.24, 2.45) is 0 Å². The van der Waals surface area contributed by atoms with Crippen LogP contribution in [0.4, 0.5) is 0 Å². The van der Waals surface area contributed by atoms with Crippen LogP contribution in [0.5, 0.6) is 11.5 Å². The minimum absolute atomic E-state index is 0.0454. The van der Waals surface area contributed by atoms with Gasteiger partial charge in [0.25, 0.3) is 5.91 Å². The molecular formula is C24H31NO7. The number of ether oxygens (including phenoxy) is 2. The van der Waals surface area contributed by atoms with Gasteiger partial charge in [-0.2, -0.15) is 0 Å². The minimum Gasteiger partial charge on any atom is -0.508 e. The third-order valence-corrected chi connectivity index (χ3v) is 5.61. The molecule has 1 saturated heterocycles. The first kappa shape index (κ1) is 24.0. The van der Waals surface area contributed by atoms with Gasteiger partial charge in [0.15, 0.2) is 6.29 Å². The predicted octanol–water partition coefficient (Wildman–Crippen LogP) is 2.10. The van der Waals surface area contributed by atoms with Gasteiger partial charge in [-0.1, -0.05) is 26.0 Å². The van der Waals surface area contributed by atoms with Crippen LogP contribution in [0.25, 0.3) is 11.1 Å². The molecule has 0 saturated carbocycles. The Bertz CT molecular complexity index is 934. The summed E-state index contributed by atoms with van der Waals surface area (Å²) in [4.78, 5) is 12.5. The van der Waals surface area contributed by atoms with Gasteiger partial charge in [0.2, 0.25) is 0 Å². The molecule has 0 aromatic heterocycles. The van der Waals surface area contributed by atoms with Crippen molar-refractivity contribution in [2.45, 2.75) is 51.6 Å². The zero-order valence-electron chi connectivity index (χ0n) is 18.4. The van der Waals surface area contributed by atoms with Crippen molar-refractivity contribution in [2.75, 3.05) is 19.8 Å². The summed E-state index contributed by atoms with van der Waals surface area (Å²) in [5.41, 5.74) is 2.80. The number of aliphatic hydroxyl groups is 2. The van der Waals surface area contributed by atoms with Gasteiger partial charge in [-0.3, -0.25) is 4.79 Å². The second-order valence-electron chi connectivity index (χ2n) is 7.79. The Morgan fingerprint density at radius 1 is 1.00 bits per heavy atom. The number of aromatic hydroxyl groups is 2. The van der Waals surface area contributed by atoms with E-state index in [1.165, 1.54) is 6.07 Å². The number of phenolic OH excluding ortho intramolecular Hbond substituents is 2. The zero-order chi connectivity index (χ0) is 23.3. The maximum absolute atomic E-state index is 12.5. The Balaban J connectivity index is 2.03. The molecular weight excluding hydrogens is 414 g/mol. The molecule has 0 aliphatic carbocycles. The highest BCUT2D eigenvalue weighted by molar-refractivity contribution is 5.96. The maximum atomic E-state index is 12.5. The first-order valence-corrected chi connectivity index (χ1v) is 10.9. The van der Waals surface area contributed by atoms with Crippen LogP contribution in [0.2, 0.25) is 0 Å². The number of carbonyl (C=O) groups is 1. The van der Waals surface area contributed by atoms with Crippen molar-refractivity contribution in [3.63, 3.8) is 0 Å². The summed E-state index contributed by atoms with van der Waals surface area (Å²) in [5.74, 6) is -0.379. The Hall–Kier alpha value is -2.65. The van der Waals surface area contributed by atoms with Gasteiger partial charge in [-0.15, -0.1) is 0 Å². The third kappa shape index (κ3) is 5.05. The van der Waals surface area contributed by atoms with Crippen LogP contribution >= 0.6 is 0 Å². The van der Waals surface area contributed by atoms with E-state index in [1.807, 2.05) is 13.8 Å². The van der Waals surface area contributed by atoms with Crippen molar-refractivity contribution in [1.82, 2.24) is 5.32 Å². The lowest BCUT2D eigenvalue weighted by atomic mass is 9.89. The fourth-order valence-electron chi connectivity index (χ4n) is 4.03. The van der Waals surface area contributed by atoms with Gasteiger partial charge >= 0.3 is 0 Å². The lowest BCUT2D eigenvalue weighted by Crippen LogP contribution is -2.29. The van der Waals surface area contributed by atoms with Gasteiger partial charge in [0.1, 0.15) is 23.7 Å². The molecule has 8 heteroatoms. The number of carbonyl (C=O) groups excluding carboxylic acids is 1. The molecule has 0 radical (unpaired) electrons. The summed E-state index contributed by atoms with van der Waals surface area (Å²) in [7, 11) is 0. The smallest absolute Gasteiger partial charge is 0.251 e. The van der Waals surface area contributed by atoms with E-state index < -0.39 is 18.5 Å². The molecule has 2 aromatic carbocycles. The quantitative estimate of drug-likeness (QED) is 0.400. The Labute approximate surface area is 187 Å². The lowest BCUT2D eigenvalue weighted by Gasteiger charge is -2.20. The van der Waals surface area contributed by atoms with E-state index in [0.717, 1.165) is 6.42 Å². The number of aliphatic hydroxyl groups excluding tert-OH is 2. The van der Waals surface area contributed by atoms with Gasteiger partial charge in [0, 0.05) is 30.2 Å². The second kappa shape index (κ2) is 10.8. The summed E-state index contributed by atoms with van der Waals surface area (Å²) in [6, 6.07) is 8.22. The van der Waals surface area contributed by atoms with E-state index in [1.54, 1.807) is 24.3 Å². The number of nitrogens with one attached hydrogen (secondary N) is 1. The van der Waals surface area contributed by atoms with E-state index in [-0.39, 0.29) is 37.0 Å². The molecule has 1 heterocycles. The molecule has 8 nitrogen and oxygen atoms in total. The van der Waals surface area contributed by atoms with Crippen molar-refractivity contribution in [3.05, 3.63) is 47.0 Å². The Morgan fingerprint density at radius 2 is 1.69 bits per heavy atom. The SMILES string of the molecule is CCCNC(=O)c1cccc(-c2c(O)cc(O)c(CC)c2CC2O[C@H](CO)[C@@H](CO)O2)c1. The Kier molecular flexibility index (Phi) is 8.09. The summed E-state index contributed by atoms with van der Waals surface area (Å²) >= 11 is 0. The first-order chi connectivity index (χ1) is 15.4. The molecule has 0 unspecified atom stereocenters. The largest absolute Gasteiger partial charge is 0.508 e. The van der Waals surface area contributed by atoms with Gasteiger partial charge in [0.05, 0.1) is 13.2 Å². The van der Waals surface area contributed by atoms with Gasteiger partial charge in [-0.25, -0.2) is 0 Å².